The number of hydrogen-bond donors (Lipinski definition) is 1. The van der Waals surface area contributed by atoms with Crippen molar-refractivity contribution < 1.29 is 9.18 Å². The van der Waals surface area contributed by atoms with Gasteiger partial charge in [0.15, 0.2) is 0 Å². The van der Waals surface area contributed by atoms with Gasteiger partial charge in [0.2, 0.25) is 0 Å². The van der Waals surface area contributed by atoms with Crippen LogP contribution in [-0.4, -0.2) is 15.9 Å². The summed E-state index contributed by atoms with van der Waals surface area (Å²) in [6.07, 6.45) is 3.41. The predicted octanol–water partition coefficient (Wildman–Crippen LogP) is 4.37. The molecular weight excluding hydrogens is 341 g/mol. The van der Waals surface area contributed by atoms with Crippen LogP contribution < -0.4 is 5.32 Å². The monoisotopic (exact) mass is 357 g/mol. The van der Waals surface area contributed by atoms with Gasteiger partial charge >= 0.3 is 0 Å². The van der Waals surface area contributed by atoms with Gasteiger partial charge in [0.1, 0.15) is 5.82 Å². The first-order chi connectivity index (χ1) is 13.2. The Labute approximate surface area is 155 Å². The first kappa shape index (κ1) is 16.8. The molecule has 0 radical (unpaired) electrons. The minimum absolute atomic E-state index is 0.194. The van der Waals surface area contributed by atoms with Crippen molar-refractivity contribution in [1.82, 2.24) is 15.3 Å². The Bertz CT molecular complexity index is 1100. The van der Waals surface area contributed by atoms with E-state index in [2.05, 4.69) is 15.3 Å². The molecule has 4 nitrogen and oxygen atoms in total. The summed E-state index contributed by atoms with van der Waals surface area (Å²) in [5, 5.41) is 3.70. The van der Waals surface area contributed by atoms with Crippen molar-refractivity contribution in [3.63, 3.8) is 0 Å². The molecule has 1 amide bonds. The number of aromatic nitrogens is 2. The summed E-state index contributed by atoms with van der Waals surface area (Å²) in [7, 11) is 0. The summed E-state index contributed by atoms with van der Waals surface area (Å²) < 4.78 is 13.2. The van der Waals surface area contributed by atoms with E-state index in [0.29, 0.717) is 23.3 Å². The second kappa shape index (κ2) is 7.33. The van der Waals surface area contributed by atoms with Crippen LogP contribution in [0.3, 0.4) is 0 Å². The molecule has 0 aliphatic heterocycles. The summed E-state index contributed by atoms with van der Waals surface area (Å²) in [6.45, 7) is 0.384. The van der Waals surface area contributed by atoms with E-state index in [-0.39, 0.29) is 11.7 Å². The Balaban J connectivity index is 1.72. The molecule has 0 saturated heterocycles. The van der Waals surface area contributed by atoms with Gasteiger partial charge in [-0.15, -0.1) is 0 Å². The second-order valence-corrected chi connectivity index (χ2v) is 6.12. The normalized spacial score (nSPS) is 10.7. The van der Waals surface area contributed by atoms with Crippen LogP contribution in [0.4, 0.5) is 4.39 Å². The van der Waals surface area contributed by atoms with Crippen LogP contribution >= 0.6 is 0 Å². The van der Waals surface area contributed by atoms with Gasteiger partial charge in [-0.2, -0.15) is 0 Å². The van der Waals surface area contributed by atoms with Crippen molar-refractivity contribution in [2.45, 2.75) is 6.54 Å². The number of pyridine rings is 2. The molecule has 0 spiro atoms. The number of rotatable bonds is 4. The Kier molecular flexibility index (Phi) is 4.58. The molecule has 2 aromatic carbocycles. The van der Waals surface area contributed by atoms with Crippen molar-refractivity contribution in [2.75, 3.05) is 0 Å². The van der Waals surface area contributed by atoms with Gasteiger partial charge in [-0.1, -0.05) is 24.3 Å². The maximum atomic E-state index is 13.2. The Morgan fingerprint density at radius 2 is 1.81 bits per heavy atom. The second-order valence-electron chi connectivity index (χ2n) is 6.12. The highest BCUT2D eigenvalue weighted by molar-refractivity contribution is 6.07. The number of benzene rings is 2. The lowest BCUT2D eigenvalue weighted by Gasteiger charge is -2.11. The third-order valence-electron chi connectivity index (χ3n) is 4.28. The third kappa shape index (κ3) is 3.67. The standard InChI is InChI=1S/C22H16FN3O/c23-17-9-7-16(8-10-17)21-12-19(18-5-1-2-6-20(18)26-21)22(27)25-14-15-4-3-11-24-13-15/h1-13H,14H2,(H,25,27). The number of amides is 1. The molecule has 0 aliphatic carbocycles. The summed E-state index contributed by atoms with van der Waals surface area (Å²) in [4.78, 5) is 21.5. The zero-order valence-corrected chi connectivity index (χ0v) is 14.4. The van der Waals surface area contributed by atoms with E-state index < -0.39 is 0 Å². The summed E-state index contributed by atoms with van der Waals surface area (Å²) in [5.74, 6) is -0.505. The Morgan fingerprint density at radius 1 is 1.00 bits per heavy atom. The highest BCUT2D eigenvalue weighted by Gasteiger charge is 2.14. The number of carbonyl (C=O) groups is 1. The number of carbonyl (C=O) groups excluding carboxylic acids is 1. The van der Waals surface area contributed by atoms with E-state index in [1.165, 1.54) is 12.1 Å². The van der Waals surface area contributed by atoms with E-state index >= 15 is 0 Å². The lowest BCUT2D eigenvalue weighted by molar-refractivity contribution is 0.0952. The zero-order chi connectivity index (χ0) is 18.6. The summed E-state index contributed by atoms with van der Waals surface area (Å²) in [5.41, 5.74) is 3.54. The zero-order valence-electron chi connectivity index (χ0n) is 14.4. The molecule has 132 valence electrons. The topological polar surface area (TPSA) is 54.9 Å². The van der Waals surface area contributed by atoms with Gasteiger partial charge in [-0.3, -0.25) is 9.78 Å². The highest BCUT2D eigenvalue weighted by Crippen LogP contribution is 2.25. The smallest absolute Gasteiger partial charge is 0.252 e. The molecule has 4 aromatic rings. The molecule has 27 heavy (non-hydrogen) atoms. The van der Waals surface area contributed by atoms with Gasteiger partial charge in [0, 0.05) is 29.9 Å². The van der Waals surface area contributed by atoms with Gasteiger partial charge < -0.3 is 5.32 Å². The molecule has 0 bridgehead atoms. The SMILES string of the molecule is O=C(NCc1cccnc1)c1cc(-c2ccc(F)cc2)nc2ccccc12. The van der Waals surface area contributed by atoms with Crippen molar-refractivity contribution in [3.05, 3.63) is 96.1 Å². The maximum absolute atomic E-state index is 13.2. The summed E-state index contributed by atoms with van der Waals surface area (Å²) in [6, 6.07) is 19.0. The molecule has 2 aromatic heterocycles. The van der Waals surface area contributed by atoms with E-state index in [1.54, 1.807) is 30.6 Å². The van der Waals surface area contributed by atoms with Crippen LogP contribution in [0.2, 0.25) is 0 Å². The van der Waals surface area contributed by atoms with E-state index in [1.807, 2.05) is 36.4 Å². The fraction of sp³-hybridized carbons (Fsp3) is 0.0455. The minimum atomic E-state index is -0.311. The fourth-order valence-electron chi connectivity index (χ4n) is 2.91. The predicted molar refractivity (Wildman–Crippen MR) is 103 cm³/mol. The third-order valence-corrected chi connectivity index (χ3v) is 4.28. The highest BCUT2D eigenvalue weighted by atomic mass is 19.1. The minimum Gasteiger partial charge on any atom is -0.348 e. The van der Waals surface area contributed by atoms with Crippen molar-refractivity contribution in [1.29, 1.82) is 0 Å². The number of nitrogens with one attached hydrogen (secondary N) is 1. The molecule has 5 heteroatoms. The average Bonchev–Trinajstić information content (AvgIpc) is 2.72. The molecule has 0 atom stereocenters. The van der Waals surface area contributed by atoms with Crippen LogP contribution in [-0.2, 0) is 6.54 Å². The number of hydrogen-bond acceptors (Lipinski definition) is 3. The van der Waals surface area contributed by atoms with E-state index in [4.69, 9.17) is 0 Å². The van der Waals surface area contributed by atoms with Crippen molar-refractivity contribution >= 4 is 16.8 Å². The van der Waals surface area contributed by atoms with Crippen LogP contribution in [0, 0.1) is 5.82 Å². The van der Waals surface area contributed by atoms with Crippen molar-refractivity contribution in [3.8, 4) is 11.3 Å². The fourth-order valence-corrected chi connectivity index (χ4v) is 2.91. The molecule has 4 rings (SSSR count). The van der Waals surface area contributed by atoms with Gasteiger partial charge in [-0.25, -0.2) is 9.37 Å². The van der Waals surface area contributed by atoms with Crippen molar-refractivity contribution in [2.24, 2.45) is 0 Å². The average molecular weight is 357 g/mol. The molecule has 1 N–H and O–H groups in total. The molecule has 0 fully saturated rings. The van der Waals surface area contributed by atoms with Crippen LogP contribution in [0.25, 0.3) is 22.2 Å². The quantitative estimate of drug-likeness (QED) is 0.590. The van der Waals surface area contributed by atoms with E-state index in [0.717, 1.165) is 16.5 Å². The number of nitrogens with zero attached hydrogens (tertiary/aromatic N) is 2. The molecule has 2 heterocycles. The van der Waals surface area contributed by atoms with E-state index in [9.17, 15) is 9.18 Å². The lowest BCUT2D eigenvalue weighted by atomic mass is 10.0. The van der Waals surface area contributed by atoms with Crippen LogP contribution in [0.5, 0.6) is 0 Å². The number of halogens is 1. The number of fused-ring (bicyclic) bond motifs is 1. The molecule has 0 aliphatic rings. The van der Waals surface area contributed by atoms with Gasteiger partial charge in [0.25, 0.3) is 5.91 Å². The van der Waals surface area contributed by atoms with Gasteiger partial charge in [-0.05, 0) is 48.0 Å². The maximum Gasteiger partial charge on any atom is 0.252 e. The Hall–Kier alpha value is -3.60. The lowest BCUT2D eigenvalue weighted by Crippen LogP contribution is -2.23. The molecular formula is C22H16FN3O. The molecule has 0 unspecified atom stereocenters. The first-order valence-corrected chi connectivity index (χ1v) is 8.53. The Morgan fingerprint density at radius 3 is 2.59 bits per heavy atom. The number of para-hydroxylation sites is 1. The largest absolute Gasteiger partial charge is 0.348 e. The van der Waals surface area contributed by atoms with Crippen LogP contribution in [0.15, 0.2) is 79.1 Å². The first-order valence-electron chi connectivity index (χ1n) is 8.53. The van der Waals surface area contributed by atoms with Crippen LogP contribution in [0.1, 0.15) is 15.9 Å². The summed E-state index contributed by atoms with van der Waals surface area (Å²) >= 11 is 0. The molecule has 0 saturated carbocycles. The van der Waals surface area contributed by atoms with Gasteiger partial charge in [0.05, 0.1) is 16.8 Å².